The van der Waals surface area contributed by atoms with Crippen molar-refractivity contribution >= 4 is 0 Å². The van der Waals surface area contributed by atoms with Gasteiger partial charge in [-0.15, -0.1) is 0 Å². The van der Waals surface area contributed by atoms with Gasteiger partial charge in [-0.1, -0.05) is 20.3 Å². The quantitative estimate of drug-likeness (QED) is 0.722. The Balaban J connectivity index is 2.37. The largest absolute Gasteiger partial charge is 0.379 e. The molecule has 1 unspecified atom stereocenters. The molecule has 0 saturated carbocycles. The van der Waals surface area contributed by atoms with Gasteiger partial charge >= 0.3 is 0 Å². The molecule has 1 atom stereocenters. The molecule has 1 aliphatic rings. The molecule has 0 bridgehead atoms. The van der Waals surface area contributed by atoms with Crippen molar-refractivity contribution in [3.63, 3.8) is 0 Å². The molecule has 0 aromatic rings. The molecule has 3 nitrogen and oxygen atoms in total. The van der Waals surface area contributed by atoms with Crippen molar-refractivity contribution in [3.05, 3.63) is 0 Å². The highest BCUT2D eigenvalue weighted by atomic mass is 16.5. The van der Waals surface area contributed by atoms with E-state index in [1.165, 1.54) is 12.8 Å². The molecule has 0 radical (unpaired) electrons. The van der Waals surface area contributed by atoms with Crippen molar-refractivity contribution in [1.82, 2.24) is 4.90 Å². The maximum atomic E-state index is 5.85. The number of morpholine rings is 1. The Bertz CT molecular complexity index is 157. The molecule has 14 heavy (non-hydrogen) atoms. The number of hydrogen-bond acceptors (Lipinski definition) is 3. The summed E-state index contributed by atoms with van der Waals surface area (Å²) in [6.45, 7) is 10.3. The fraction of sp³-hybridized carbons (Fsp3) is 1.00. The van der Waals surface area contributed by atoms with E-state index in [4.69, 9.17) is 10.5 Å². The van der Waals surface area contributed by atoms with E-state index in [-0.39, 0.29) is 0 Å². The highest BCUT2D eigenvalue weighted by Gasteiger charge is 2.25. The molecule has 1 rings (SSSR count). The Labute approximate surface area is 87.6 Å². The maximum Gasteiger partial charge on any atom is 0.0594 e. The fourth-order valence-electron chi connectivity index (χ4n) is 2.15. The van der Waals surface area contributed by atoms with E-state index in [0.717, 1.165) is 39.4 Å². The summed E-state index contributed by atoms with van der Waals surface area (Å²) in [5, 5.41) is 0. The summed E-state index contributed by atoms with van der Waals surface area (Å²) in [5.74, 6) is 0. The molecule has 1 fully saturated rings. The Morgan fingerprint density at radius 2 is 2.00 bits per heavy atom. The first kappa shape index (κ1) is 12.0. The van der Waals surface area contributed by atoms with Gasteiger partial charge in [-0.25, -0.2) is 0 Å². The Morgan fingerprint density at radius 3 is 2.50 bits per heavy atom. The van der Waals surface area contributed by atoms with Crippen LogP contribution in [0.25, 0.3) is 0 Å². The maximum absolute atomic E-state index is 5.85. The molecular weight excluding hydrogens is 176 g/mol. The third kappa shape index (κ3) is 3.56. The molecule has 1 heterocycles. The molecule has 84 valence electrons. The summed E-state index contributed by atoms with van der Waals surface area (Å²) >= 11 is 0. The molecule has 0 amide bonds. The first-order valence-corrected chi connectivity index (χ1v) is 5.70. The highest BCUT2D eigenvalue weighted by molar-refractivity contribution is 4.80. The molecule has 0 aromatic heterocycles. The summed E-state index contributed by atoms with van der Waals surface area (Å²) in [6, 6.07) is 0. The van der Waals surface area contributed by atoms with Crippen LogP contribution in [-0.2, 0) is 4.74 Å². The average molecular weight is 200 g/mol. The van der Waals surface area contributed by atoms with Gasteiger partial charge in [-0.2, -0.15) is 0 Å². The van der Waals surface area contributed by atoms with Crippen molar-refractivity contribution in [1.29, 1.82) is 0 Å². The average Bonchev–Trinajstić information content (AvgIpc) is 2.20. The topological polar surface area (TPSA) is 38.5 Å². The Kier molecular flexibility index (Phi) is 4.85. The smallest absolute Gasteiger partial charge is 0.0594 e. The normalized spacial score (nSPS) is 23.4. The van der Waals surface area contributed by atoms with Crippen LogP contribution in [0.2, 0.25) is 0 Å². The molecule has 0 aromatic carbocycles. The lowest BCUT2D eigenvalue weighted by atomic mass is 9.85. The van der Waals surface area contributed by atoms with Crippen LogP contribution in [0.3, 0.4) is 0 Å². The number of nitrogens with two attached hydrogens (primary N) is 1. The van der Waals surface area contributed by atoms with E-state index in [2.05, 4.69) is 18.7 Å². The fourth-order valence-corrected chi connectivity index (χ4v) is 2.15. The van der Waals surface area contributed by atoms with Gasteiger partial charge in [0.05, 0.1) is 13.2 Å². The van der Waals surface area contributed by atoms with Crippen LogP contribution in [0.15, 0.2) is 0 Å². The molecular formula is C11H24N2O. The van der Waals surface area contributed by atoms with Gasteiger partial charge < -0.3 is 10.5 Å². The van der Waals surface area contributed by atoms with Gasteiger partial charge in [-0.05, 0) is 18.4 Å². The first-order chi connectivity index (χ1) is 6.70. The molecule has 0 aliphatic carbocycles. The Morgan fingerprint density at radius 1 is 1.36 bits per heavy atom. The Hall–Kier alpha value is -0.120. The zero-order chi connectivity index (χ0) is 10.4. The second-order valence-electron chi connectivity index (χ2n) is 4.65. The second kappa shape index (κ2) is 5.69. The summed E-state index contributed by atoms with van der Waals surface area (Å²) in [5.41, 5.74) is 6.15. The lowest BCUT2D eigenvalue weighted by Crippen LogP contribution is -2.45. The minimum absolute atomic E-state index is 0.298. The predicted octanol–water partition coefficient (Wildman–Crippen LogP) is 1.08. The number of nitrogens with zero attached hydrogens (tertiary/aromatic N) is 1. The lowest BCUT2D eigenvalue weighted by Gasteiger charge is -2.36. The van der Waals surface area contributed by atoms with Gasteiger partial charge in [0.1, 0.15) is 0 Å². The van der Waals surface area contributed by atoms with E-state index >= 15 is 0 Å². The standard InChI is InChI=1S/C11H24N2O/c1-3-4-11(2,9-12)10-13-5-7-14-8-6-13/h3-10,12H2,1-2H3. The van der Waals surface area contributed by atoms with Gasteiger partial charge in [0, 0.05) is 19.6 Å². The second-order valence-corrected chi connectivity index (χ2v) is 4.65. The van der Waals surface area contributed by atoms with Crippen molar-refractivity contribution in [2.75, 3.05) is 39.4 Å². The van der Waals surface area contributed by atoms with Crippen molar-refractivity contribution in [2.24, 2.45) is 11.1 Å². The van der Waals surface area contributed by atoms with Crippen molar-refractivity contribution in [3.8, 4) is 0 Å². The van der Waals surface area contributed by atoms with Crippen molar-refractivity contribution < 1.29 is 4.74 Å². The van der Waals surface area contributed by atoms with Crippen LogP contribution in [0, 0.1) is 5.41 Å². The predicted molar refractivity (Wildman–Crippen MR) is 59.3 cm³/mol. The summed E-state index contributed by atoms with van der Waals surface area (Å²) in [4.78, 5) is 2.48. The van der Waals surface area contributed by atoms with Gasteiger partial charge in [0.15, 0.2) is 0 Å². The van der Waals surface area contributed by atoms with Gasteiger partial charge in [0.2, 0.25) is 0 Å². The molecule has 2 N–H and O–H groups in total. The van der Waals surface area contributed by atoms with Crippen molar-refractivity contribution in [2.45, 2.75) is 26.7 Å². The third-order valence-corrected chi connectivity index (χ3v) is 3.06. The van der Waals surface area contributed by atoms with Crippen LogP contribution in [0.4, 0.5) is 0 Å². The van der Waals surface area contributed by atoms with E-state index < -0.39 is 0 Å². The number of ether oxygens (including phenoxy) is 1. The zero-order valence-electron chi connectivity index (χ0n) is 9.59. The minimum atomic E-state index is 0.298. The third-order valence-electron chi connectivity index (χ3n) is 3.06. The van der Waals surface area contributed by atoms with Crippen LogP contribution in [0.5, 0.6) is 0 Å². The molecule has 1 saturated heterocycles. The van der Waals surface area contributed by atoms with Crippen LogP contribution < -0.4 is 5.73 Å². The van der Waals surface area contributed by atoms with E-state index in [0.29, 0.717) is 5.41 Å². The SMILES string of the molecule is CCCC(C)(CN)CN1CCOCC1. The first-order valence-electron chi connectivity index (χ1n) is 5.70. The van der Waals surface area contributed by atoms with E-state index in [1.54, 1.807) is 0 Å². The number of hydrogen-bond donors (Lipinski definition) is 1. The summed E-state index contributed by atoms with van der Waals surface area (Å²) < 4.78 is 5.33. The van der Waals surface area contributed by atoms with Gasteiger partial charge in [-0.3, -0.25) is 4.90 Å². The van der Waals surface area contributed by atoms with E-state index in [9.17, 15) is 0 Å². The molecule has 3 heteroatoms. The van der Waals surface area contributed by atoms with Gasteiger partial charge in [0.25, 0.3) is 0 Å². The molecule has 0 spiro atoms. The minimum Gasteiger partial charge on any atom is -0.379 e. The monoisotopic (exact) mass is 200 g/mol. The zero-order valence-corrected chi connectivity index (χ0v) is 9.59. The molecule has 1 aliphatic heterocycles. The van der Waals surface area contributed by atoms with Crippen LogP contribution >= 0.6 is 0 Å². The number of rotatable bonds is 5. The van der Waals surface area contributed by atoms with Crippen LogP contribution in [0.1, 0.15) is 26.7 Å². The summed E-state index contributed by atoms with van der Waals surface area (Å²) in [7, 11) is 0. The van der Waals surface area contributed by atoms with Crippen LogP contribution in [-0.4, -0.2) is 44.3 Å². The lowest BCUT2D eigenvalue weighted by molar-refractivity contribution is 0.0183. The summed E-state index contributed by atoms with van der Waals surface area (Å²) in [6.07, 6.45) is 2.44. The highest BCUT2D eigenvalue weighted by Crippen LogP contribution is 2.23. The van der Waals surface area contributed by atoms with E-state index in [1.807, 2.05) is 0 Å².